The lowest BCUT2D eigenvalue weighted by atomic mass is 10.2. The molecule has 2 fully saturated rings. The number of nitrogens with zero attached hydrogens (tertiary/aromatic N) is 2. The zero-order valence-electron chi connectivity index (χ0n) is 18.1. The van der Waals surface area contributed by atoms with Gasteiger partial charge >= 0.3 is 0 Å². The molecule has 1 amide bonds. The van der Waals surface area contributed by atoms with E-state index in [0.717, 1.165) is 58.4 Å². The normalized spacial score (nSPS) is 20.8. The van der Waals surface area contributed by atoms with Gasteiger partial charge in [0.15, 0.2) is 0 Å². The number of unbranched alkanes of at least 4 members (excludes halogenated alkanes) is 1. The molecule has 0 radical (unpaired) electrons. The molecular weight excluding hydrogens is 440 g/mol. The first-order valence-electron chi connectivity index (χ1n) is 10.9. The molecule has 2 heterocycles. The molecule has 1 aromatic rings. The van der Waals surface area contributed by atoms with Crippen LogP contribution in [0.1, 0.15) is 36.0 Å². The van der Waals surface area contributed by atoms with Crippen LogP contribution in [0.15, 0.2) is 23.1 Å². The van der Waals surface area contributed by atoms with E-state index in [2.05, 4.69) is 26.9 Å². The number of hydrogen-bond acceptors (Lipinski definition) is 6. The zero-order valence-corrected chi connectivity index (χ0v) is 19.7. The van der Waals surface area contributed by atoms with Crippen molar-refractivity contribution in [2.45, 2.75) is 36.7 Å². The maximum atomic E-state index is 12.7. The molecule has 31 heavy (non-hydrogen) atoms. The minimum atomic E-state index is -3.83. The number of rotatable bonds is 10. The van der Waals surface area contributed by atoms with Crippen molar-refractivity contribution >= 4 is 27.5 Å². The Morgan fingerprint density at radius 2 is 2.00 bits per heavy atom. The number of nitrogens with one attached hydrogen (secondary N) is 2. The van der Waals surface area contributed by atoms with Gasteiger partial charge < -0.3 is 19.9 Å². The second-order valence-electron chi connectivity index (χ2n) is 8.24. The van der Waals surface area contributed by atoms with Crippen LogP contribution in [0.2, 0.25) is 5.02 Å². The van der Waals surface area contributed by atoms with Gasteiger partial charge in [-0.25, -0.2) is 13.1 Å². The van der Waals surface area contributed by atoms with Crippen molar-refractivity contribution < 1.29 is 17.9 Å². The Morgan fingerprint density at radius 3 is 2.71 bits per heavy atom. The minimum Gasteiger partial charge on any atom is -0.377 e. The number of halogens is 1. The molecule has 2 saturated heterocycles. The summed E-state index contributed by atoms with van der Waals surface area (Å²) >= 11 is 6.12. The molecule has 174 valence electrons. The molecular formula is C21H33ClN4O4S. The van der Waals surface area contributed by atoms with Crippen LogP contribution in [0.5, 0.6) is 0 Å². The highest BCUT2D eigenvalue weighted by Crippen LogP contribution is 2.23. The van der Waals surface area contributed by atoms with Crippen molar-refractivity contribution in [2.24, 2.45) is 0 Å². The fraction of sp³-hybridized carbons (Fsp3) is 0.667. The monoisotopic (exact) mass is 472 g/mol. The first-order chi connectivity index (χ1) is 14.8. The van der Waals surface area contributed by atoms with Gasteiger partial charge in [-0.3, -0.25) is 4.79 Å². The molecule has 1 unspecified atom stereocenters. The Morgan fingerprint density at radius 1 is 1.23 bits per heavy atom. The zero-order chi connectivity index (χ0) is 22.3. The SMILES string of the molecule is CN1CCN(CCCCNC(=O)c2ccc(Cl)c(S(=O)(=O)NCC3CCCO3)c2)CC1. The number of sulfonamides is 1. The summed E-state index contributed by atoms with van der Waals surface area (Å²) in [6.07, 6.45) is 3.52. The Balaban J connectivity index is 1.46. The van der Waals surface area contributed by atoms with Gasteiger partial charge in [-0.1, -0.05) is 11.6 Å². The lowest BCUT2D eigenvalue weighted by Crippen LogP contribution is -2.44. The summed E-state index contributed by atoms with van der Waals surface area (Å²) < 4.78 is 33.3. The van der Waals surface area contributed by atoms with E-state index in [4.69, 9.17) is 16.3 Å². The molecule has 1 atom stereocenters. The van der Waals surface area contributed by atoms with Crippen molar-refractivity contribution in [1.29, 1.82) is 0 Å². The van der Waals surface area contributed by atoms with Crippen LogP contribution in [0.3, 0.4) is 0 Å². The van der Waals surface area contributed by atoms with Gasteiger partial charge in [-0.05, 0) is 57.5 Å². The topological polar surface area (TPSA) is 91.0 Å². The van der Waals surface area contributed by atoms with Gasteiger partial charge in [0.05, 0.1) is 11.1 Å². The van der Waals surface area contributed by atoms with E-state index in [-0.39, 0.29) is 34.0 Å². The predicted molar refractivity (Wildman–Crippen MR) is 121 cm³/mol. The molecule has 0 aromatic heterocycles. The van der Waals surface area contributed by atoms with Crippen molar-refractivity contribution in [3.63, 3.8) is 0 Å². The highest BCUT2D eigenvalue weighted by molar-refractivity contribution is 7.89. The van der Waals surface area contributed by atoms with Crippen LogP contribution >= 0.6 is 11.6 Å². The summed E-state index contributed by atoms with van der Waals surface area (Å²) in [7, 11) is -1.69. The van der Waals surface area contributed by atoms with Crippen molar-refractivity contribution in [3.05, 3.63) is 28.8 Å². The maximum absolute atomic E-state index is 12.7. The fourth-order valence-corrected chi connectivity index (χ4v) is 5.36. The van der Waals surface area contributed by atoms with E-state index in [9.17, 15) is 13.2 Å². The fourth-order valence-electron chi connectivity index (χ4n) is 3.77. The molecule has 2 aliphatic rings. The number of carbonyl (C=O) groups excluding carboxylic acids is 1. The van der Waals surface area contributed by atoms with Crippen molar-refractivity contribution in [2.75, 3.05) is 59.5 Å². The Bertz CT molecular complexity index is 838. The number of carbonyl (C=O) groups is 1. The lowest BCUT2D eigenvalue weighted by molar-refractivity contribution is 0.0951. The smallest absolute Gasteiger partial charge is 0.251 e. The molecule has 0 bridgehead atoms. The van der Waals surface area contributed by atoms with Gasteiger partial charge in [-0.2, -0.15) is 0 Å². The average molecular weight is 473 g/mol. The first-order valence-corrected chi connectivity index (χ1v) is 12.8. The maximum Gasteiger partial charge on any atom is 0.251 e. The highest BCUT2D eigenvalue weighted by Gasteiger charge is 2.23. The minimum absolute atomic E-state index is 0.0866. The van der Waals surface area contributed by atoms with Crippen LogP contribution in [0.4, 0.5) is 0 Å². The van der Waals surface area contributed by atoms with Crippen molar-refractivity contribution in [1.82, 2.24) is 19.8 Å². The van der Waals surface area contributed by atoms with Crippen LogP contribution in [-0.2, 0) is 14.8 Å². The molecule has 0 saturated carbocycles. The van der Waals surface area contributed by atoms with E-state index in [1.54, 1.807) is 6.07 Å². The molecule has 2 aliphatic heterocycles. The van der Waals surface area contributed by atoms with E-state index >= 15 is 0 Å². The second kappa shape index (κ2) is 11.6. The van der Waals surface area contributed by atoms with Crippen LogP contribution in [-0.4, -0.2) is 89.7 Å². The predicted octanol–water partition coefficient (Wildman–Crippen LogP) is 1.55. The third kappa shape index (κ3) is 7.40. The molecule has 2 N–H and O–H groups in total. The summed E-state index contributed by atoms with van der Waals surface area (Å²) in [6.45, 7) is 6.80. The summed E-state index contributed by atoms with van der Waals surface area (Å²) in [4.78, 5) is 17.2. The molecule has 0 spiro atoms. The van der Waals surface area contributed by atoms with E-state index in [1.165, 1.54) is 12.1 Å². The van der Waals surface area contributed by atoms with Gasteiger partial charge in [0.2, 0.25) is 10.0 Å². The van der Waals surface area contributed by atoms with Crippen molar-refractivity contribution in [3.8, 4) is 0 Å². The van der Waals surface area contributed by atoms with Gasteiger partial charge in [0, 0.05) is 51.4 Å². The Kier molecular flexibility index (Phi) is 9.12. The summed E-state index contributed by atoms with van der Waals surface area (Å²) in [6, 6.07) is 4.32. The Hall–Kier alpha value is -1.23. The molecule has 0 aliphatic carbocycles. The number of amides is 1. The third-order valence-electron chi connectivity index (χ3n) is 5.79. The van der Waals surface area contributed by atoms with E-state index < -0.39 is 10.0 Å². The van der Waals surface area contributed by atoms with Crippen LogP contribution in [0, 0.1) is 0 Å². The third-order valence-corrected chi connectivity index (χ3v) is 7.70. The molecule has 1 aromatic carbocycles. The Labute approximate surface area is 190 Å². The highest BCUT2D eigenvalue weighted by atomic mass is 35.5. The van der Waals surface area contributed by atoms with Gasteiger partial charge in [0.1, 0.15) is 4.90 Å². The van der Waals surface area contributed by atoms with Crippen LogP contribution < -0.4 is 10.0 Å². The number of likely N-dealkylation sites (N-methyl/N-ethyl adjacent to an activating group) is 1. The first kappa shape index (κ1) is 24.4. The summed E-state index contributed by atoms with van der Waals surface area (Å²) in [5.74, 6) is -0.299. The van der Waals surface area contributed by atoms with Crippen LogP contribution in [0.25, 0.3) is 0 Å². The molecule has 3 rings (SSSR count). The van der Waals surface area contributed by atoms with Gasteiger partial charge in [-0.15, -0.1) is 0 Å². The largest absolute Gasteiger partial charge is 0.377 e. The second-order valence-corrected chi connectivity index (χ2v) is 10.4. The number of piperazine rings is 1. The summed E-state index contributed by atoms with van der Waals surface area (Å²) in [5.41, 5.74) is 0.279. The number of ether oxygens (including phenoxy) is 1. The lowest BCUT2D eigenvalue weighted by Gasteiger charge is -2.32. The standard InChI is InChI=1S/C21H33ClN4O4S/c1-25-10-12-26(13-11-25)9-3-2-8-23-21(27)17-6-7-19(22)20(15-17)31(28,29)24-16-18-5-4-14-30-18/h6-7,15,18,24H,2-5,8-14,16H2,1H3,(H,23,27). The van der Waals surface area contributed by atoms with E-state index in [1.807, 2.05) is 0 Å². The quantitative estimate of drug-likeness (QED) is 0.502. The molecule has 10 heteroatoms. The van der Waals surface area contributed by atoms with Gasteiger partial charge in [0.25, 0.3) is 5.91 Å². The van der Waals surface area contributed by atoms with E-state index in [0.29, 0.717) is 13.2 Å². The number of hydrogen-bond donors (Lipinski definition) is 2. The number of benzene rings is 1. The summed E-state index contributed by atoms with van der Waals surface area (Å²) in [5, 5.41) is 2.96. The average Bonchev–Trinajstić information content (AvgIpc) is 3.27. The molecule has 8 nitrogen and oxygen atoms in total.